The van der Waals surface area contributed by atoms with Crippen molar-refractivity contribution in [3.63, 3.8) is 0 Å². The van der Waals surface area contributed by atoms with Gasteiger partial charge in [-0.25, -0.2) is 4.39 Å². The second-order valence-corrected chi connectivity index (χ2v) is 3.68. The maximum absolute atomic E-state index is 13.1. The van der Waals surface area contributed by atoms with Crippen molar-refractivity contribution in [2.24, 2.45) is 0 Å². The second kappa shape index (κ2) is 3.07. The predicted molar refractivity (Wildman–Crippen MR) is 54.1 cm³/mol. The number of rotatable bonds is 0. The average Bonchev–Trinajstić information content (AvgIpc) is 2.12. The number of benzene rings is 1. The molecule has 0 spiro atoms. The summed E-state index contributed by atoms with van der Waals surface area (Å²) in [5.41, 5.74) is 1.78. The number of halogens is 2. The summed E-state index contributed by atoms with van der Waals surface area (Å²) >= 11 is 3.18. The van der Waals surface area contributed by atoms with E-state index >= 15 is 0 Å². The molecule has 0 aliphatic heterocycles. The summed E-state index contributed by atoms with van der Waals surface area (Å²) in [5.74, 6) is -0.273. The maximum atomic E-state index is 13.1. The minimum absolute atomic E-state index is 0.273. The molecule has 0 radical (unpaired) electrons. The van der Waals surface area contributed by atoms with E-state index in [-0.39, 0.29) is 5.82 Å². The largest absolute Gasteiger partial charge is 0.255 e. The zero-order valence-electron chi connectivity index (χ0n) is 7.01. The molecule has 1 aromatic carbocycles. The molecule has 1 nitrogen and oxygen atoms in total. The quantitative estimate of drug-likeness (QED) is 0.687. The Labute approximate surface area is 83.7 Å². The first kappa shape index (κ1) is 8.63. The third-order valence-corrected chi connectivity index (χ3v) is 2.78. The molecule has 1 heterocycles. The molecular weight excluding hydrogens is 233 g/mol. The van der Waals surface area contributed by atoms with Crippen molar-refractivity contribution in [1.82, 2.24) is 4.98 Å². The molecule has 0 atom stereocenters. The lowest BCUT2D eigenvalue weighted by Crippen LogP contribution is -1.86. The van der Waals surface area contributed by atoms with Gasteiger partial charge in [0.05, 0.1) is 9.99 Å². The van der Waals surface area contributed by atoms with Crippen molar-refractivity contribution in [2.45, 2.75) is 6.92 Å². The summed E-state index contributed by atoms with van der Waals surface area (Å²) in [6.45, 7) is 1.98. The van der Waals surface area contributed by atoms with E-state index in [4.69, 9.17) is 0 Å². The van der Waals surface area contributed by atoms with Gasteiger partial charge in [0.25, 0.3) is 0 Å². The van der Waals surface area contributed by atoms with Crippen molar-refractivity contribution >= 4 is 26.8 Å². The molecule has 0 aliphatic rings. The third kappa shape index (κ3) is 1.33. The molecule has 0 saturated heterocycles. The van der Waals surface area contributed by atoms with Gasteiger partial charge in [-0.1, -0.05) is 0 Å². The van der Waals surface area contributed by atoms with E-state index in [1.54, 1.807) is 12.3 Å². The molecule has 66 valence electrons. The van der Waals surface area contributed by atoms with Crippen LogP contribution < -0.4 is 0 Å². The Morgan fingerprint density at radius 3 is 2.85 bits per heavy atom. The number of aryl methyl sites for hydroxylation is 1. The van der Waals surface area contributed by atoms with Crippen LogP contribution in [0.2, 0.25) is 0 Å². The van der Waals surface area contributed by atoms with Crippen LogP contribution in [0.15, 0.2) is 28.9 Å². The molecule has 0 unspecified atom stereocenters. The Morgan fingerprint density at radius 1 is 1.31 bits per heavy atom. The van der Waals surface area contributed by atoms with E-state index in [1.165, 1.54) is 6.07 Å². The Bertz CT molecular complexity index is 468. The summed E-state index contributed by atoms with van der Waals surface area (Å²) in [4.78, 5) is 4.12. The van der Waals surface area contributed by atoms with Crippen LogP contribution in [0, 0.1) is 12.7 Å². The van der Waals surface area contributed by atoms with Gasteiger partial charge < -0.3 is 0 Å². The van der Waals surface area contributed by atoms with Gasteiger partial charge in [-0.2, -0.15) is 0 Å². The van der Waals surface area contributed by atoms with Gasteiger partial charge in [0.1, 0.15) is 5.82 Å². The fraction of sp³-hybridized carbons (Fsp3) is 0.100. The van der Waals surface area contributed by atoms with Crippen LogP contribution in [0.5, 0.6) is 0 Å². The highest BCUT2D eigenvalue weighted by atomic mass is 79.9. The molecule has 0 bridgehead atoms. The number of fused-ring (bicyclic) bond motifs is 1. The summed E-state index contributed by atoms with van der Waals surface area (Å²) < 4.78 is 13.5. The van der Waals surface area contributed by atoms with Crippen molar-refractivity contribution in [3.05, 3.63) is 40.2 Å². The fourth-order valence-electron chi connectivity index (χ4n) is 1.30. The van der Waals surface area contributed by atoms with Crippen molar-refractivity contribution in [2.75, 3.05) is 0 Å². The predicted octanol–water partition coefficient (Wildman–Crippen LogP) is 3.44. The maximum Gasteiger partial charge on any atom is 0.139 e. The van der Waals surface area contributed by atoms with Crippen LogP contribution in [-0.4, -0.2) is 4.98 Å². The lowest BCUT2D eigenvalue weighted by atomic mass is 10.1. The van der Waals surface area contributed by atoms with Crippen molar-refractivity contribution in [1.29, 1.82) is 0 Å². The molecule has 3 heteroatoms. The van der Waals surface area contributed by atoms with Crippen LogP contribution in [0.25, 0.3) is 10.9 Å². The number of pyridine rings is 1. The first-order valence-electron chi connectivity index (χ1n) is 3.89. The molecule has 2 aromatic rings. The number of hydrogen-bond donors (Lipinski definition) is 0. The first-order valence-corrected chi connectivity index (χ1v) is 4.69. The van der Waals surface area contributed by atoms with E-state index in [2.05, 4.69) is 20.9 Å². The highest BCUT2D eigenvalue weighted by Crippen LogP contribution is 2.26. The van der Waals surface area contributed by atoms with Crippen molar-refractivity contribution in [3.8, 4) is 0 Å². The minimum Gasteiger partial charge on any atom is -0.255 e. The number of hydrogen-bond acceptors (Lipinski definition) is 1. The second-order valence-electron chi connectivity index (χ2n) is 2.89. The minimum atomic E-state index is -0.273. The van der Waals surface area contributed by atoms with Gasteiger partial charge in [0.2, 0.25) is 0 Å². The SMILES string of the molecule is Cc1ccnc2c(Br)c(F)ccc12. The summed E-state index contributed by atoms with van der Waals surface area (Å²) in [6, 6.07) is 5.10. The van der Waals surface area contributed by atoms with Crippen LogP contribution >= 0.6 is 15.9 Å². The molecule has 0 saturated carbocycles. The molecule has 13 heavy (non-hydrogen) atoms. The molecule has 2 rings (SSSR count). The molecular formula is C10H7BrFN. The Hall–Kier alpha value is -0.960. The molecule has 0 amide bonds. The summed E-state index contributed by atoms with van der Waals surface area (Å²) in [5, 5.41) is 0.982. The molecule has 0 fully saturated rings. The van der Waals surface area contributed by atoms with E-state index in [0.29, 0.717) is 9.99 Å². The van der Waals surface area contributed by atoms with Gasteiger partial charge in [0, 0.05) is 11.6 Å². The lowest BCUT2D eigenvalue weighted by Gasteiger charge is -2.02. The Morgan fingerprint density at radius 2 is 2.08 bits per heavy atom. The normalized spacial score (nSPS) is 10.7. The Balaban J connectivity index is 2.94. The lowest BCUT2D eigenvalue weighted by molar-refractivity contribution is 0.623. The fourth-order valence-corrected chi connectivity index (χ4v) is 1.75. The van der Waals surface area contributed by atoms with Gasteiger partial charge in [-0.3, -0.25) is 4.98 Å². The average molecular weight is 240 g/mol. The molecule has 1 aromatic heterocycles. The standard InChI is InChI=1S/C10H7BrFN/c1-6-4-5-13-10-7(6)2-3-8(12)9(10)11/h2-5H,1H3. The molecule has 0 N–H and O–H groups in total. The zero-order chi connectivity index (χ0) is 9.42. The summed E-state index contributed by atoms with van der Waals surface area (Å²) in [6.07, 6.45) is 1.68. The smallest absolute Gasteiger partial charge is 0.139 e. The first-order chi connectivity index (χ1) is 6.20. The highest BCUT2D eigenvalue weighted by molar-refractivity contribution is 9.10. The summed E-state index contributed by atoms with van der Waals surface area (Å²) in [7, 11) is 0. The van der Waals surface area contributed by atoms with Gasteiger partial charge in [0.15, 0.2) is 0 Å². The van der Waals surface area contributed by atoms with E-state index in [9.17, 15) is 4.39 Å². The van der Waals surface area contributed by atoms with Crippen LogP contribution in [-0.2, 0) is 0 Å². The topological polar surface area (TPSA) is 12.9 Å². The van der Waals surface area contributed by atoms with Crippen LogP contribution in [0.3, 0.4) is 0 Å². The number of nitrogens with zero attached hydrogens (tertiary/aromatic N) is 1. The van der Waals surface area contributed by atoms with Gasteiger partial charge >= 0.3 is 0 Å². The van der Waals surface area contributed by atoms with Gasteiger partial charge in [-0.15, -0.1) is 0 Å². The number of aromatic nitrogens is 1. The van der Waals surface area contributed by atoms with Crippen LogP contribution in [0.4, 0.5) is 4.39 Å². The van der Waals surface area contributed by atoms with E-state index in [1.807, 2.05) is 13.0 Å². The van der Waals surface area contributed by atoms with E-state index < -0.39 is 0 Å². The van der Waals surface area contributed by atoms with Crippen LogP contribution in [0.1, 0.15) is 5.56 Å². The molecule has 0 aliphatic carbocycles. The third-order valence-electron chi connectivity index (χ3n) is 2.02. The Kier molecular flexibility index (Phi) is 2.04. The monoisotopic (exact) mass is 239 g/mol. The zero-order valence-corrected chi connectivity index (χ0v) is 8.60. The highest BCUT2D eigenvalue weighted by Gasteiger charge is 2.06. The van der Waals surface area contributed by atoms with Crippen molar-refractivity contribution < 1.29 is 4.39 Å². The van der Waals surface area contributed by atoms with Gasteiger partial charge in [-0.05, 0) is 46.6 Å². The van der Waals surface area contributed by atoms with E-state index in [0.717, 1.165) is 10.9 Å².